The highest BCUT2D eigenvalue weighted by Crippen LogP contribution is 2.46. The third-order valence-corrected chi connectivity index (χ3v) is 10.7. The molecular weight excluding hydrogens is 667 g/mol. The number of nitrogens with one attached hydrogen (secondary N) is 2. The summed E-state index contributed by atoms with van der Waals surface area (Å²) in [6.45, 7) is 8.38. The highest BCUT2D eigenvalue weighted by Gasteiger charge is 2.53. The highest BCUT2D eigenvalue weighted by molar-refractivity contribution is 7.13. The van der Waals surface area contributed by atoms with Crippen molar-refractivity contribution in [3.8, 4) is 16.2 Å². The van der Waals surface area contributed by atoms with Gasteiger partial charge in [0.15, 0.2) is 5.67 Å². The number of carboxylic acid groups (broad SMARTS) is 1. The number of aliphatic carboxylic acids is 1. The molecule has 5 rings (SSSR count). The van der Waals surface area contributed by atoms with E-state index < -0.39 is 58.4 Å². The van der Waals surface area contributed by atoms with Crippen LogP contribution in [-0.2, 0) is 30.5 Å². The first-order valence-electron chi connectivity index (χ1n) is 17.4. The van der Waals surface area contributed by atoms with Crippen molar-refractivity contribution >= 4 is 35.0 Å². The number of aryl methyl sites for hydroxylation is 1. The maximum Gasteiger partial charge on any atom is 0.311 e. The number of likely N-dealkylation sites (tertiary alicyclic amines) is 1. The Morgan fingerprint density at radius 1 is 1.12 bits per heavy atom. The lowest BCUT2D eigenvalue weighted by molar-refractivity contribution is -0.145. The summed E-state index contributed by atoms with van der Waals surface area (Å²) in [5.74, 6) is -2.02. The molecule has 274 valence electrons. The second kappa shape index (κ2) is 15.3. The number of alkyl halides is 1. The van der Waals surface area contributed by atoms with Gasteiger partial charge in [-0.15, -0.1) is 11.3 Å². The van der Waals surface area contributed by atoms with Crippen molar-refractivity contribution in [2.45, 2.75) is 109 Å². The number of aromatic nitrogens is 1. The number of carboxylic acids is 1. The van der Waals surface area contributed by atoms with Crippen LogP contribution in [0.25, 0.3) is 10.4 Å². The average molecular weight is 717 g/mol. The van der Waals surface area contributed by atoms with Crippen LogP contribution in [0.3, 0.4) is 0 Å². The van der Waals surface area contributed by atoms with E-state index in [1.165, 1.54) is 16.2 Å². The van der Waals surface area contributed by atoms with Crippen molar-refractivity contribution in [3.05, 3.63) is 35.0 Å². The Morgan fingerprint density at radius 3 is 2.46 bits per heavy atom. The number of unbranched alkanes of at least 4 members (excludes halogenated alkanes) is 2. The Morgan fingerprint density at radius 2 is 1.84 bits per heavy atom. The van der Waals surface area contributed by atoms with Crippen LogP contribution >= 0.6 is 11.3 Å². The zero-order valence-corrected chi connectivity index (χ0v) is 30.1. The predicted molar refractivity (Wildman–Crippen MR) is 184 cm³/mol. The monoisotopic (exact) mass is 716 g/mol. The normalized spacial score (nSPS) is 21.0. The number of hydrogen-bond acceptors (Lipinski definition) is 9. The lowest BCUT2D eigenvalue weighted by Gasteiger charge is -2.35. The van der Waals surface area contributed by atoms with E-state index in [0.717, 1.165) is 41.0 Å². The number of carbonyl (C=O) groups is 4. The lowest BCUT2D eigenvalue weighted by Crippen LogP contribution is -2.59. The number of rotatable bonds is 17. The molecule has 14 heteroatoms. The number of ether oxygens (including phenoxy) is 2. The van der Waals surface area contributed by atoms with Gasteiger partial charge in [-0.2, -0.15) is 0 Å². The van der Waals surface area contributed by atoms with E-state index in [1.807, 2.05) is 25.1 Å². The molecule has 2 aromatic rings. The molecule has 2 heterocycles. The Labute approximate surface area is 296 Å². The number of hydrogen-bond donors (Lipinski definition) is 4. The van der Waals surface area contributed by atoms with Gasteiger partial charge in [0.25, 0.3) is 5.91 Å². The van der Waals surface area contributed by atoms with Crippen LogP contribution in [0.15, 0.2) is 23.7 Å². The first-order valence-corrected chi connectivity index (χ1v) is 18.2. The van der Waals surface area contributed by atoms with Gasteiger partial charge in [-0.05, 0) is 68.9 Å². The molecule has 0 spiro atoms. The summed E-state index contributed by atoms with van der Waals surface area (Å²) < 4.78 is 26.4. The fourth-order valence-electron chi connectivity index (χ4n) is 6.08. The van der Waals surface area contributed by atoms with Gasteiger partial charge < -0.3 is 35.2 Å². The van der Waals surface area contributed by atoms with Gasteiger partial charge in [-0.3, -0.25) is 19.2 Å². The first-order chi connectivity index (χ1) is 23.6. The fraction of sp³-hybridized carbons (Fsp3) is 0.639. The summed E-state index contributed by atoms with van der Waals surface area (Å²) in [7, 11) is 0. The van der Waals surface area contributed by atoms with E-state index in [4.69, 9.17) is 9.47 Å². The molecule has 0 unspecified atom stereocenters. The molecule has 50 heavy (non-hydrogen) atoms. The minimum Gasteiger partial charge on any atom is -0.493 e. The summed E-state index contributed by atoms with van der Waals surface area (Å²) in [4.78, 5) is 57.9. The van der Waals surface area contributed by atoms with Crippen molar-refractivity contribution in [2.24, 2.45) is 10.8 Å². The quantitative estimate of drug-likeness (QED) is 0.176. The number of carbonyl (C=O) groups excluding carboxylic acids is 3. The molecule has 3 fully saturated rings. The Balaban J connectivity index is 1.20. The van der Waals surface area contributed by atoms with Crippen LogP contribution in [0.4, 0.5) is 4.39 Å². The maximum absolute atomic E-state index is 14.5. The lowest BCUT2D eigenvalue weighted by atomic mass is 9.85. The molecule has 3 amide bonds. The van der Waals surface area contributed by atoms with E-state index in [-0.39, 0.29) is 39.0 Å². The topological polar surface area (TPSA) is 167 Å². The van der Waals surface area contributed by atoms with E-state index in [0.29, 0.717) is 31.8 Å². The summed E-state index contributed by atoms with van der Waals surface area (Å²) >= 11 is 1.52. The molecule has 1 aromatic heterocycles. The van der Waals surface area contributed by atoms with Crippen LogP contribution in [0.5, 0.6) is 5.75 Å². The molecule has 1 saturated heterocycles. The molecule has 2 saturated carbocycles. The number of aliphatic hydroxyl groups is 1. The third kappa shape index (κ3) is 8.99. The van der Waals surface area contributed by atoms with Gasteiger partial charge in [0.1, 0.15) is 17.8 Å². The Kier molecular flexibility index (Phi) is 11.5. The molecule has 12 nitrogen and oxygen atoms in total. The van der Waals surface area contributed by atoms with Gasteiger partial charge in [-0.25, -0.2) is 9.37 Å². The predicted octanol–water partition coefficient (Wildman–Crippen LogP) is 4.16. The summed E-state index contributed by atoms with van der Waals surface area (Å²) in [6.07, 6.45) is 3.00. The van der Waals surface area contributed by atoms with Crippen molar-refractivity contribution in [1.82, 2.24) is 20.5 Å². The van der Waals surface area contributed by atoms with E-state index in [9.17, 15) is 33.8 Å². The van der Waals surface area contributed by atoms with Gasteiger partial charge in [0.2, 0.25) is 11.8 Å². The average Bonchev–Trinajstić information content (AvgIpc) is 3.94. The summed E-state index contributed by atoms with van der Waals surface area (Å²) in [5, 5.41) is 25.3. The van der Waals surface area contributed by atoms with E-state index >= 15 is 0 Å². The van der Waals surface area contributed by atoms with Crippen molar-refractivity contribution in [1.29, 1.82) is 0 Å². The standard InChI is InChI=1S/C36H49FN4O8S/c1-22-28(50-21-39-22)23-8-9-24(27(16-23)49-15-7-5-6-14-48-20-35(10-11-35)33(46)47)18-38-30(43)26-17-25(42)19-41(26)31(44)29(34(2,3)4)40-32(45)36(37)12-13-36/h8-9,16,21,25-26,29,42H,5-7,10-15,17-20H2,1-4H3,(H,38,43)(H,40,45)(H,46,47)/t25-,26+,29-/m1/s1. The van der Waals surface area contributed by atoms with Crippen LogP contribution in [-0.4, -0.2) is 94.0 Å². The van der Waals surface area contributed by atoms with Gasteiger partial charge in [0.05, 0.1) is 40.8 Å². The zero-order valence-electron chi connectivity index (χ0n) is 29.3. The van der Waals surface area contributed by atoms with Crippen LogP contribution in [0.1, 0.15) is 83.4 Å². The fourth-order valence-corrected chi connectivity index (χ4v) is 6.88. The van der Waals surface area contributed by atoms with Gasteiger partial charge in [-0.1, -0.05) is 32.9 Å². The van der Waals surface area contributed by atoms with Crippen LogP contribution < -0.4 is 15.4 Å². The largest absolute Gasteiger partial charge is 0.493 e. The Bertz CT molecular complexity index is 1570. The molecule has 0 bridgehead atoms. The minimum absolute atomic E-state index is 0.0311. The molecule has 2 aliphatic carbocycles. The molecule has 1 aliphatic heterocycles. The highest BCUT2D eigenvalue weighted by atomic mass is 32.1. The van der Waals surface area contributed by atoms with Crippen LogP contribution in [0.2, 0.25) is 0 Å². The summed E-state index contributed by atoms with van der Waals surface area (Å²) in [6, 6.07) is 3.69. The van der Waals surface area contributed by atoms with E-state index in [1.54, 1.807) is 26.3 Å². The molecule has 0 radical (unpaired) electrons. The number of amides is 3. The zero-order chi connectivity index (χ0) is 36.3. The molecule has 1 aromatic carbocycles. The molecule has 3 atom stereocenters. The number of thiazole rings is 1. The van der Waals surface area contributed by atoms with Crippen molar-refractivity contribution in [3.63, 3.8) is 0 Å². The molecule has 3 aliphatic rings. The van der Waals surface area contributed by atoms with Gasteiger partial charge >= 0.3 is 5.97 Å². The second-order valence-electron chi connectivity index (χ2n) is 15.0. The van der Waals surface area contributed by atoms with Gasteiger partial charge in [0, 0.05) is 31.7 Å². The molecule has 4 N–H and O–H groups in total. The number of β-amino-alcohol motifs (C(OH)–C–C–N with tert-alkyl or cyclic N) is 1. The number of halogens is 1. The van der Waals surface area contributed by atoms with Crippen molar-refractivity contribution in [2.75, 3.05) is 26.4 Å². The number of benzene rings is 1. The second-order valence-corrected chi connectivity index (χ2v) is 15.8. The van der Waals surface area contributed by atoms with E-state index in [2.05, 4.69) is 15.6 Å². The molecular formula is C36H49FN4O8S. The SMILES string of the molecule is Cc1ncsc1-c1ccc(CNC(=O)[C@@H]2C[C@@H](O)CN2C(=O)[C@@H](NC(=O)C2(F)CC2)C(C)(C)C)c(OCCCCCOCC2(C(=O)O)CC2)c1. The van der Waals surface area contributed by atoms with Crippen molar-refractivity contribution < 1.29 is 43.3 Å². The number of nitrogens with zero attached hydrogens (tertiary/aromatic N) is 2. The summed E-state index contributed by atoms with van der Waals surface area (Å²) in [5.41, 5.74) is 0.909. The third-order valence-electron chi connectivity index (χ3n) is 9.75. The maximum atomic E-state index is 14.5. The smallest absolute Gasteiger partial charge is 0.311 e. The Hall–Kier alpha value is -3.62. The minimum atomic E-state index is -1.96. The first kappa shape index (κ1) is 37.6. The van der Waals surface area contributed by atoms with Crippen LogP contribution in [0, 0.1) is 17.8 Å². The number of aliphatic hydroxyl groups excluding tert-OH is 1.